The summed E-state index contributed by atoms with van der Waals surface area (Å²) < 4.78 is 0. The van der Waals surface area contributed by atoms with E-state index in [1.165, 1.54) is 18.4 Å². The number of amides is 2. The summed E-state index contributed by atoms with van der Waals surface area (Å²) in [5, 5.41) is 6.28. The number of halogens is 1. The summed E-state index contributed by atoms with van der Waals surface area (Å²) in [6.45, 7) is 0.506. The third-order valence-electron chi connectivity index (χ3n) is 3.02. The van der Waals surface area contributed by atoms with Crippen molar-refractivity contribution in [2.24, 2.45) is 0 Å². The topological polar surface area (TPSA) is 41.1 Å². The van der Waals surface area contributed by atoms with Gasteiger partial charge in [0, 0.05) is 17.8 Å². The van der Waals surface area contributed by atoms with E-state index in [1.807, 2.05) is 30.5 Å². The van der Waals surface area contributed by atoms with Crippen LogP contribution in [0.2, 0.25) is 5.02 Å². The first-order valence-corrected chi connectivity index (χ1v) is 6.58. The molecule has 2 N–H and O–H groups in total. The fourth-order valence-corrected chi connectivity index (χ4v) is 2.10. The van der Waals surface area contributed by atoms with Gasteiger partial charge < -0.3 is 10.6 Å². The smallest absolute Gasteiger partial charge is 0.319 e. The Kier molecular flexibility index (Phi) is 4.65. The number of allylic oxidation sites excluding steroid dienone is 1. The monoisotopic (exact) mass is 264 g/mol. The summed E-state index contributed by atoms with van der Waals surface area (Å²) in [5.74, 6) is 0. The van der Waals surface area contributed by atoms with E-state index in [1.54, 1.807) is 0 Å². The van der Waals surface area contributed by atoms with Crippen LogP contribution in [0.25, 0.3) is 0 Å². The van der Waals surface area contributed by atoms with E-state index in [0.29, 0.717) is 11.6 Å². The minimum absolute atomic E-state index is 0.163. The number of hydrogen-bond donors (Lipinski definition) is 2. The maximum absolute atomic E-state index is 11.5. The maximum atomic E-state index is 11.5. The van der Waals surface area contributed by atoms with Crippen LogP contribution in [-0.4, -0.2) is 6.03 Å². The number of hydrogen-bond acceptors (Lipinski definition) is 1. The van der Waals surface area contributed by atoms with Gasteiger partial charge in [-0.3, -0.25) is 0 Å². The van der Waals surface area contributed by atoms with Gasteiger partial charge in [0.15, 0.2) is 0 Å². The molecule has 0 heterocycles. The standard InChI is InChI=1S/C14H17ClN2O/c15-13-7-5-12(6-8-13)10-17-14(18)16-9-11-3-1-2-4-11/h5-9H,1-4,10H2,(H2,16,17,18). The molecule has 1 aromatic rings. The molecule has 1 aliphatic carbocycles. The van der Waals surface area contributed by atoms with Crippen molar-refractivity contribution in [3.05, 3.63) is 46.6 Å². The van der Waals surface area contributed by atoms with Gasteiger partial charge in [0.2, 0.25) is 0 Å². The Labute approximate surface area is 112 Å². The van der Waals surface area contributed by atoms with Gasteiger partial charge in [0.25, 0.3) is 0 Å². The van der Waals surface area contributed by atoms with Gasteiger partial charge in [-0.1, -0.05) is 29.3 Å². The van der Waals surface area contributed by atoms with E-state index >= 15 is 0 Å². The SMILES string of the molecule is O=C(NC=C1CCCC1)NCc1ccc(Cl)cc1. The third kappa shape index (κ3) is 4.08. The van der Waals surface area contributed by atoms with Crippen LogP contribution in [0.15, 0.2) is 36.0 Å². The highest BCUT2D eigenvalue weighted by Crippen LogP contribution is 2.22. The minimum Gasteiger partial charge on any atom is -0.334 e. The predicted octanol–water partition coefficient (Wildman–Crippen LogP) is 3.60. The molecule has 1 aromatic carbocycles. The number of nitrogens with one attached hydrogen (secondary N) is 2. The van der Waals surface area contributed by atoms with Crippen molar-refractivity contribution in [3.8, 4) is 0 Å². The van der Waals surface area contributed by atoms with Gasteiger partial charge in [-0.25, -0.2) is 4.79 Å². The number of carbonyl (C=O) groups is 1. The second kappa shape index (κ2) is 6.45. The largest absolute Gasteiger partial charge is 0.334 e. The van der Waals surface area contributed by atoms with Crippen molar-refractivity contribution in [2.75, 3.05) is 0 Å². The van der Waals surface area contributed by atoms with Crippen molar-refractivity contribution in [1.29, 1.82) is 0 Å². The predicted molar refractivity (Wildman–Crippen MR) is 73.4 cm³/mol. The molecule has 0 atom stereocenters. The summed E-state index contributed by atoms with van der Waals surface area (Å²) >= 11 is 5.79. The van der Waals surface area contributed by atoms with E-state index in [4.69, 9.17) is 11.6 Å². The van der Waals surface area contributed by atoms with Crippen molar-refractivity contribution in [1.82, 2.24) is 10.6 Å². The Morgan fingerprint density at radius 3 is 2.56 bits per heavy atom. The number of rotatable bonds is 3. The molecule has 0 saturated heterocycles. The molecular formula is C14H17ClN2O. The zero-order valence-corrected chi connectivity index (χ0v) is 11.0. The molecule has 0 spiro atoms. The lowest BCUT2D eigenvalue weighted by molar-refractivity contribution is 0.243. The fourth-order valence-electron chi connectivity index (χ4n) is 1.98. The first kappa shape index (κ1) is 13.0. The lowest BCUT2D eigenvalue weighted by Crippen LogP contribution is -2.31. The van der Waals surface area contributed by atoms with Crippen LogP contribution in [0.1, 0.15) is 31.2 Å². The van der Waals surface area contributed by atoms with Crippen LogP contribution in [0, 0.1) is 0 Å². The first-order chi connectivity index (χ1) is 8.74. The number of carbonyl (C=O) groups excluding carboxylic acids is 1. The highest BCUT2D eigenvalue weighted by molar-refractivity contribution is 6.30. The average Bonchev–Trinajstić information content (AvgIpc) is 2.89. The molecule has 18 heavy (non-hydrogen) atoms. The van der Waals surface area contributed by atoms with E-state index in [9.17, 15) is 4.79 Å². The fraction of sp³-hybridized carbons (Fsp3) is 0.357. The molecule has 0 bridgehead atoms. The van der Waals surface area contributed by atoms with Crippen molar-refractivity contribution in [3.63, 3.8) is 0 Å². The van der Waals surface area contributed by atoms with E-state index in [-0.39, 0.29) is 6.03 Å². The van der Waals surface area contributed by atoms with Crippen LogP contribution in [-0.2, 0) is 6.54 Å². The Hall–Kier alpha value is -1.48. The first-order valence-electron chi connectivity index (χ1n) is 6.21. The minimum atomic E-state index is -0.163. The van der Waals surface area contributed by atoms with Crippen molar-refractivity contribution >= 4 is 17.6 Å². The summed E-state index contributed by atoms with van der Waals surface area (Å²) in [5.41, 5.74) is 2.36. The molecule has 1 fully saturated rings. The zero-order valence-electron chi connectivity index (χ0n) is 10.2. The lowest BCUT2D eigenvalue weighted by Gasteiger charge is -2.05. The molecule has 0 aromatic heterocycles. The van der Waals surface area contributed by atoms with Gasteiger partial charge >= 0.3 is 6.03 Å². The second-order valence-corrected chi connectivity index (χ2v) is 4.90. The van der Waals surface area contributed by atoms with Gasteiger partial charge in [-0.15, -0.1) is 0 Å². The maximum Gasteiger partial charge on any atom is 0.319 e. The van der Waals surface area contributed by atoms with Crippen LogP contribution in [0.3, 0.4) is 0 Å². The van der Waals surface area contributed by atoms with E-state index in [0.717, 1.165) is 18.4 Å². The Morgan fingerprint density at radius 2 is 1.89 bits per heavy atom. The Morgan fingerprint density at radius 1 is 1.22 bits per heavy atom. The van der Waals surface area contributed by atoms with E-state index < -0.39 is 0 Å². The highest BCUT2D eigenvalue weighted by atomic mass is 35.5. The molecule has 4 heteroatoms. The summed E-state index contributed by atoms with van der Waals surface area (Å²) in [4.78, 5) is 11.5. The second-order valence-electron chi connectivity index (χ2n) is 4.46. The molecular weight excluding hydrogens is 248 g/mol. The number of urea groups is 1. The quantitative estimate of drug-likeness (QED) is 0.861. The zero-order chi connectivity index (χ0) is 12.8. The van der Waals surface area contributed by atoms with Crippen molar-refractivity contribution in [2.45, 2.75) is 32.2 Å². The third-order valence-corrected chi connectivity index (χ3v) is 3.27. The van der Waals surface area contributed by atoms with Crippen LogP contribution in [0.5, 0.6) is 0 Å². The van der Waals surface area contributed by atoms with Gasteiger partial charge in [0.05, 0.1) is 0 Å². The number of benzene rings is 1. The molecule has 0 unspecified atom stereocenters. The molecule has 3 nitrogen and oxygen atoms in total. The van der Waals surface area contributed by atoms with Crippen LogP contribution in [0.4, 0.5) is 4.79 Å². The highest BCUT2D eigenvalue weighted by Gasteiger charge is 2.06. The molecule has 1 aliphatic rings. The lowest BCUT2D eigenvalue weighted by atomic mass is 10.2. The van der Waals surface area contributed by atoms with E-state index in [2.05, 4.69) is 10.6 Å². The molecule has 2 rings (SSSR count). The van der Waals surface area contributed by atoms with Gasteiger partial charge in [-0.2, -0.15) is 0 Å². The summed E-state index contributed by atoms with van der Waals surface area (Å²) in [6.07, 6.45) is 6.53. The van der Waals surface area contributed by atoms with Crippen molar-refractivity contribution < 1.29 is 4.79 Å². The molecule has 0 radical (unpaired) electrons. The summed E-state index contributed by atoms with van der Waals surface area (Å²) in [7, 11) is 0. The van der Waals surface area contributed by atoms with Gasteiger partial charge in [-0.05, 0) is 43.4 Å². The molecule has 0 aliphatic heterocycles. The van der Waals surface area contributed by atoms with Crippen LogP contribution >= 0.6 is 11.6 Å². The Balaban J connectivity index is 1.74. The van der Waals surface area contributed by atoms with Gasteiger partial charge in [0.1, 0.15) is 0 Å². The normalized spacial score (nSPS) is 14.4. The molecule has 1 saturated carbocycles. The average molecular weight is 265 g/mol. The molecule has 2 amide bonds. The summed E-state index contributed by atoms with van der Waals surface area (Å²) in [6, 6.07) is 7.27. The Bertz CT molecular complexity index is 432. The van der Waals surface area contributed by atoms with Crippen LogP contribution < -0.4 is 10.6 Å². The molecule has 96 valence electrons.